The van der Waals surface area contributed by atoms with Gasteiger partial charge in [-0.3, -0.25) is 14.9 Å². The van der Waals surface area contributed by atoms with Crippen LogP contribution in [0.25, 0.3) is 6.08 Å². The number of phenols is 1. The predicted molar refractivity (Wildman–Crippen MR) is 81.1 cm³/mol. The largest absolute Gasteiger partial charge is 0.507 e. The summed E-state index contributed by atoms with van der Waals surface area (Å²) in [7, 11) is 0. The van der Waals surface area contributed by atoms with Gasteiger partial charge in [0, 0.05) is 11.1 Å². The first-order valence-corrected chi connectivity index (χ1v) is 6.51. The average molecular weight is 302 g/mol. The summed E-state index contributed by atoms with van der Waals surface area (Å²) in [6.45, 7) is 0. The van der Waals surface area contributed by atoms with Crippen molar-refractivity contribution in [1.29, 1.82) is 0 Å². The number of phenolic OH excluding ortho intramolecular Hbond substituents is 1. The van der Waals surface area contributed by atoms with E-state index < -0.39 is 11.8 Å². The van der Waals surface area contributed by atoms with Crippen LogP contribution in [0.3, 0.4) is 0 Å². The van der Waals surface area contributed by atoms with Gasteiger partial charge in [-0.25, -0.2) is 0 Å². The topological polar surface area (TPSA) is 66.4 Å². The van der Waals surface area contributed by atoms with Crippen molar-refractivity contribution in [2.24, 2.45) is 0 Å². The van der Waals surface area contributed by atoms with Gasteiger partial charge in [0.05, 0.1) is 5.56 Å². The fraction of sp³-hybridized carbons (Fsp3) is 0. The number of benzene rings is 2. The molecule has 0 atom stereocenters. The summed E-state index contributed by atoms with van der Waals surface area (Å²) in [5.74, 6) is -1.40. The molecule has 2 aromatic rings. The molecule has 0 spiro atoms. The van der Waals surface area contributed by atoms with Gasteiger partial charge >= 0.3 is 0 Å². The van der Waals surface area contributed by atoms with Crippen LogP contribution in [-0.4, -0.2) is 16.9 Å². The van der Waals surface area contributed by atoms with E-state index in [1.807, 2.05) is 0 Å². The minimum Gasteiger partial charge on any atom is -0.507 e. The van der Waals surface area contributed by atoms with Crippen molar-refractivity contribution in [1.82, 2.24) is 5.32 Å². The third-order valence-corrected chi connectivity index (χ3v) is 2.93. The van der Waals surface area contributed by atoms with Crippen molar-refractivity contribution in [3.63, 3.8) is 0 Å². The van der Waals surface area contributed by atoms with Crippen LogP contribution < -0.4 is 5.32 Å². The summed E-state index contributed by atoms with van der Waals surface area (Å²) in [5.41, 5.74) is 0.829. The molecule has 0 heterocycles. The summed E-state index contributed by atoms with van der Waals surface area (Å²) in [5, 5.41) is 12.3. The number of halogens is 1. The first-order chi connectivity index (χ1) is 10.1. The SMILES string of the molecule is O=C(/C=C/c1ccc(Cl)cc1)NC(=O)c1ccccc1O. The molecule has 21 heavy (non-hydrogen) atoms. The number of carbonyl (C=O) groups excluding carboxylic acids is 2. The van der Waals surface area contributed by atoms with E-state index in [-0.39, 0.29) is 11.3 Å². The third-order valence-electron chi connectivity index (χ3n) is 2.68. The highest BCUT2D eigenvalue weighted by molar-refractivity contribution is 6.30. The van der Waals surface area contributed by atoms with Gasteiger partial charge in [0.25, 0.3) is 11.8 Å². The van der Waals surface area contributed by atoms with E-state index in [4.69, 9.17) is 11.6 Å². The Balaban J connectivity index is 2.00. The molecule has 0 aromatic heterocycles. The van der Waals surface area contributed by atoms with E-state index in [1.165, 1.54) is 18.2 Å². The molecule has 0 saturated carbocycles. The molecule has 0 aliphatic carbocycles. The van der Waals surface area contributed by atoms with E-state index in [2.05, 4.69) is 5.32 Å². The van der Waals surface area contributed by atoms with Crippen LogP contribution in [0.1, 0.15) is 15.9 Å². The quantitative estimate of drug-likeness (QED) is 0.856. The third kappa shape index (κ3) is 4.19. The van der Waals surface area contributed by atoms with E-state index in [0.29, 0.717) is 5.02 Å². The molecule has 0 aliphatic rings. The number of nitrogens with one attached hydrogen (secondary N) is 1. The molecule has 2 amide bonds. The van der Waals surface area contributed by atoms with Crippen molar-refractivity contribution in [3.8, 4) is 5.75 Å². The van der Waals surface area contributed by atoms with E-state index >= 15 is 0 Å². The van der Waals surface area contributed by atoms with Gasteiger partial charge in [0.15, 0.2) is 0 Å². The van der Waals surface area contributed by atoms with Crippen molar-refractivity contribution >= 4 is 29.5 Å². The van der Waals surface area contributed by atoms with Crippen molar-refractivity contribution in [2.45, 2.75) is 0 Å². The van der Waals surface area contributed by atoms with Gasteiger partial charge in [-0.15, -0.1) is 0 Å². The Morgan fingerprint density at radius 3 is 2.38 bits per heavy atom. The number of carbonyl (C=O) groups is 2. The second-order valence-electron chi connectivity index (χ2n) is 4.22. The maximum Gasteiger partial charge on any atom is 0.261 e. The number of amides is 2. The number of rotatable bonds is 3. The van der Waals surface area contributed by atoms with Crippen molar-refractivity contribution < 1.29 is 14.7 Å². The molecule has 2 N–H and O–H groups in total. The van der Waals surface area contributed by atoms with Crippen molar-refractivity contribution in [3.05, 3.63) is 70.8 Å². The Bertz CT molecular complexity index is 693. The number of imide groups is 1. The molecule has 2 rings (SSSR count). The fourth-order valence-electron chi connectivity index (χ4n) is 1.63. The molecular weight excluding hydrogens is 290 g/mol. The van der Waals surface area contributed by atoms with Gasteiger partial charge in [0.1, 0.15) is 5.75 Å². The summed E-state index contributed by atoms with van der Waals surface area (Å²) in [6.07, 6.45) is 2.80. The first kappa shape index (κ1) is 14.8. The lowest BCUT2D eigenvalue weighted by Crippen LogP contribution is -2.28. The van der Waals surface area contributed by atoms with E-state index in [1.54, 1.807) is 42.5 Å². The summed E-state index contributed by atoms with van der Waals surface area (Å²) < 4.78 is 0. The predicted octanol–water partition coefficient (Wildman–Crippen LogP) is 3.02. The molecule has 0 fully saturated rings. The minimum absolute atomic E-state index is 0.0470. The number of aromatic hydroxyl groups is 1. The Labute approximate surface area is 126 Å². The monoisotopic (exact) mass is 301 g/mol. The molecule has 0 bridgehead atoms. The lowest BCUT2D eigenvalue weighted by molar-refractivity contribution is -0.115. The molecular formula is C16H12ClNO3. The van der Waals surface area contributed by atoms with Crippen molar-refractivity contribution in [2.75, 3.05) is 0 Å². The molecule has 0 saturated heterocycles. The summed E-state index contributed by atoms with van der Waals surface area (Å²) >= 11 is 5.75. The van der Waals surface area contributed by atoms with Gasteiger partial charge in [-0.05, 0) is 35.9 Å². The lowest BCUT2D eigenvalue weighted by atomic mass is 10.2. The van der Waals surface area contributed by atoms with Gasteiger partial charge in [-0.2, -0.15) is 0 Å². The van der Waals surface area contributed by atoms with Crippen LogP contribution in [0, 0.1) is 0 Å². The number of para-hydroxylation sites is 1. The highest BCUT2D eigenvalue weighted by Gasteiger charge is 2.11. The summed E-state index contributed by atoms with van der Waals surface area (Å²) in [6, 6.07) is 12.9. The van der Waals surface area contributed by atoms with Crippen LogP contribution in [0.15, 0.2) is 54.6 Å². The molecule has 0 aliphatic heterocycles. The first-order valence-electron chi connectivity index (χ1n) is 6.13. The lowest BCUT2D eigenvalue weighted by Gasteiger charge is -2.03. The van der Waals surface area contributed by atoms with Crippen LogP contribution in [0.4, 0.5) is 0 Å². The molecule has 0 radical (unpaired) electrons. The van der Waals surface area contributed by atoms with Gasteiger partial charge in [-0.1, -0.05) is 35.9 Å². The zero-order valence-electron chi connectivity index (χ0n) is 10.9. The highest BCUT2D eigenvalue weighted by Crippen LogP contribution is 2.15. The average Bonchev–Trinajstić information content (AvgIpc) is 2.47. The zero-order chi connectivity index (χ0) is 15.2. The minimum atomic E-state index is -0.654. The fourth-order valence-corrected chi connectivity index (χ4v) is 1.76. The Morgan fingerprint density at radius 1 is 1.05 bits per heavy atom. The van der Waals surface area contributed by atoms with Gasteiger partial charge < -0.3 is 5.11 Å². The van der Waals surface area contributed by atoms with Crippen LogP contribution in [-0.2, 0) is 4.79 Å². The molecule has 4 nitrogen and oxygen atoms in total. The zero-order valence-corrected chi connectivity index (χ0v) is 11.7. The second kappa shape index (κ2) is 6.72. The standard InChI is InChI=1S/C16H12ClNO3/c17-12-8-5-11(6-9-12)7-10-15(20)18-16(21)13-3-1-2-4-14(13)19/h1-10,19H,(H,18,20,21)/b10-7+. The Hall–Kier alpha value is -2.59. The van der Waals surface area contributed by atoms with Crippen LogP contribution >= 0.6 is 11.6 Å². The summed E-state index contributed by atoms with van der Waals surface area (Å²) in [4.78, 5) is 23.4. The van der Waals surface area contributed by atoms with Crippen LogP contribution in [0.2, 0.25) is 5.02 Å². The maximum atomic E-state index is 11.8. The molecule has 106 valence electrons. The Kier molecular flexibility index (Phi) is 4.74. The number of hydrogen-bond donors (Lipinski definition) is 2. The molecule has 5 heteroatoms. The second-order valence-corrected chi connectivity index (χ2v) is 4.66. The molecule has 0 unspecified atom stereocenters. The number of hydrogen-bond acceptors (Lipinski definition) is 3. The smallest absolute Gasteiger partial charge is 0.261 e. The highest BCUT2D eigenvalue weighted by atomic mass is 35.5. The van der Waals surface area contributed by atoms with E-state index in [0.717, 1.165) is 5.56 Å². The normalized spacial score (nSPS) is 10.5. The van der Waals surface area contributed by atoms with Gasteiger partial charge in [0.2, 0.25) is 0 Å². The maximum absolute atomic E-state index is 11.8. The Morgan fingerprint density at radius 2 is 1.71 bits per heavy atom. The van der Waals surface area contributed by atoms with E-state index in [9.17, 15) is 14.7 Å². The molecule has 2 aromatic carbocycles. The van der Waals surface area contributed by atoms with Crippen LogP contribution in [0.5, 0.6) is 5.75 Å².